The van der Waals surface area contributed by atoms with Gasteiger partial charge in [0.25, 0.3) is 5.56 Å². The fourth-order valence-electron chi connectivity index (χ4n) is 3.02. The van der Waals surface area contributed by atoms with E-state index in [4.69, 9.17) is 0 Å². The summed E-state index contributed by atoms with van der Waals surface area (Å²) in [6.45, 7) is 3.83. The number of carbonyl (C=O) groups excluding carboxylic acids is 1. The maximum atomic E-state index is 12.8. The van der Waals surface area contributed by atoms with E-state index in [1.54, 1.807) is 10.6 Å². The monoisotopic (exact) mass is 320 g/mol. The van der Waals surface area contributed by atoms with E-state index in [0.29, 0.717) is 6.42 Å². The highest BCUT2D eigenvalue weighted by molar-refractivity contribution is 5.95. The van der Waals surface area contributed by atoms with Crippen molar-refractivity contribution in [2.75, 3.05) is 5.32 Å². The largest absolute Gasteiger partial charge is 0.324 e. The molecule has 0 aliphatic heterocycles. The third kappa shape index (κ3) is 2.95. The van der Waals surface area contributed by atoms with Crippen molar-refractivity contribution >= 4 is 22.5 Å². The molecule has 0 aliphatic carbocycles. The van der Waals surface area contributed by atoms with E-state index >= 15 is 0 Å². The molecule has 1 heterocycles. The molecule has 1 N–H and O–H groups in total. The van der Waals surface area contributed by atoms with Gasteiger partial charge in [0, 0.05) is 17.1 Å². The highest BCUT2D eigenvalue weighted by Crippen LogP contribution is 2.22. The lowest BCUT2D eigenvalue weighted by molar-refractivity contribution is -0.119. The first-order chi connectivity index (χ1) is 11.6. The van der Waals surface area contributed by atoms with E-state index in [0.717, 1.165) is 22.2 Å². The zero-order valence-electron chi connectivity index (χ0n) is 13.8. The molecule has 4 heteroatoms. The van der Waals surface area contributed by atoms with Crippen molar-refractivity contribution < 1.29 is 4.79 Å². The number of anilines is 1. The first-order valence-electron chi connectivity index (χ1n) is 8.08. The van der Waals surface area contributed by atoms with Gasteiger partial charge in [0.2, 0.25) is 5.91 Å². The summed E-state index contributed by atoms with van der Waals surface area (Å²) >= 11 is 0. The molecular formula is C20H20N2O2. The van der Waals surface area contributed by atoms with E-state index in [-0.39, 0.29) is 11.5 Å². The zero-order valence-corrected chi connectivity index (χ0v) is 13.8. The van der Waals surface area contributed by atoms with Crippen LogP contribution in [0.3, 0.4) is 0 Å². The molecule has 2 aromatic carbocycles. The average molecular weight is 320 g/mol. The molecule has 0 saturated carbocycles. The number of pyridine rings is 1. The van der Waals surface area contributed by atoms with Crippen LogP contribution in [0, 0.1) is 6.92 Å². The maximum absolute atomic E-state index is 12.8. The van der Waals surface area contributed by atoms with Crippen LogP contribution in [0.15, 0.2) is 65.5 Å². The number of aryl methyl sites for hydroxylation is 1. The molecule has 24 heavy (non-hydrogen) atoms. The topological polar surface area (TPSA) is 51.1 Å². The Morgan fingerprint density at radius 3 is 2.46 bits per heavy atom. The lowest BCUT2D eigenvalue weighted by atomic mass is 10.1. The predicted octanol–water partition coefficient (Wildman–Crippen LogP) is 3.90. The number of aromatic nitrogens is 1. The summed E-state index contributed by atoms with van der Waals surface area (Å²) in [6.07, 6.45) is 0.533. The highest BCUT2D eigenvalue weighted by atomic mass is 16.2. The van der Waals surface area contributed by atoms with Crippen LogP contribution >= 0.6 is 0 Å². The fraction of sp³-hybridized carbons (Fsp3) is 0.200. The van der Waals surface area contributed by atoms with E-state index in [2.05, 4.69) is 5.32 Å². The van der Waals surface area contributed by atoms with Crippen molar-refractivity contribution in [2.45, 2.75) is 26.3 Å². The minimum Gasteiger partial charge on any atom is -0.324 e. The minimum atomic E-state index is -0.553. The Balaban J connectivity index is 2.07. The second-order valence-electron chi connectivity index (χ2n) is 5.83. The molecule has 0 fully saturated rings. The summed E-state index contributed by atoms with van der Waals surface area (Å²) in [5.41, 5.74) is 2.29. The molecule has 1 unspecified atom stereocenters. The van der Waals surface area contributed by atoms with Gasteiger partial charge in [-0.15, -0.1) is 0 Å². The Morgan fingerprint density at radius 2 is 1.75 bits per heavy atom. The number of hydrogen-bond acceptors (Lipinski definition) is 2. The molecule has 1 aromatic heterocycles. The minimum absolute atomic E-state index is 0.152. The van der Waals surface area contributed by atoms with Gasteiger partial charge < -0.3 is 5.32 Å². The van der Waals surface area contributed by atoms with E-state index < -0.39 is 6.04 Å². The summed E-state index contributed by atoms with van der Waals surface area (Å²) in [6, 6.07) is 18.0. The number of rotatable bonds is 4. The van der Waals surface area contributed by atoms with Gasteiger partial charge in [-0.25, -0.2) is 0 Å². The van der Waals surface area contributed by atoms with Crippen LogP contribution in [0.4, 0.5) is 5.69 Å². The lowest BCUT2D eigenvalue weighted by Crippen LogP contribution is -2.33. The Hall–Kier alpha value is -2.88. The van der Waals surface area contributed by atoms with Crippen molar-refractivity contribution in [1.29, 1.82) is 0 Å². The quantitative estimate of drug-likeness (QED) is 0.792. The van der Waals surface area contributed by atoms with Crippen LogP contribution in [-0.4, -0.2) is 10.5 Å². The predicted molar refractivity (Wildman–Crippen MR) is 97.3 cm³/mol. The normalized spacial score (nSPS) is 12.1. The number of hydrogen-bond donors (Lipinski definition) is 1. The molecule has 3 rings (SSSR count). The van der Waals surface area contributed by atoms with Gasteiger partial charge in [-0.3, -0.25) is 14.2 Å². The van der Waals surface area contributed by atoms with Gasteiger partial charge in [0.15, 0.2) is 0 Å². The second-order valence-corrected chi connectivity index (χ2v) is 5.83. The van der Waals surface area contributed by atoms with Crippen molar-refractivity contribution in [3.63, 3.8) is 0 Å². The van der Waals surface area contributed by atoms with Gasteiger partial charge >= 0.3 is 0 Å². The van der Waals surface area contributed by atoms with Crippen LogP contribution in [0.2, 0.25) is 0 Å². The van der Waals surface area contributed by atoms with E-state index in [1.165, 1.54) is 0 Å². The molecule has 0 saturated heterocycles. The molecule has 1 atom stereocenters. The number of benzene rings is 2. The summed E-state index contributed by atoms with van der Waals surface area (Å²) in [4.78, 5) is 25.3. The molecule has 4 nitrogen and oxygen atoms in total. The molecule has 3 aromatic rings. The van der Waals surface area contributed by atoms with Crippen LogP contribution in [0.25, 0.3) is 10.9 Å². The van der Waals surface area contributed by atoms with Crippen molar-refractivity contribution in [2.24, 2.45) is 0 Å². The molecule has 0 bridgehead atoms. The van der Waals surface area contributed by atoms with Crippen LogP contribution in [-0.2, 0) is 4.79 Å². The lowest BCUT2D eigenvalue weighted by Gasteiger charge is -2.21. The van der Waals surface area contributed by atoms with Gasteiger partial charge in [-0.05, 0) is 37.1 Å². The third-order valence-corrected chi connectivity index (χ3v) is 4.21. The first kappa shape index (κ1) is 16.0. The third-order valence-electron chi connectivity index (χ3n) is 4.21. The van der Waals surface area contributed by atoms with Gasteiger partial charge in [0.05, 0.1) is 5.52 Å². The van der Waals surface area contributed by atoms with Crippen LogP contribution in [0.1, 0.15) is 24.9 Å². The fourth-order valence-corrected chi connectivity index (χ4v) is 3.02. The molecule has 0 spiro atoms. The standard InChI is InChI=1S/C20H20N2O2/c1-3-17(20(24)21-15-9-5-4-6-10-15)22-18-12-8-7-11-16(18)14(2)13-19(22)23/h4-13,17H,3H2,1-2H3,(H,21,24). The summed E-state index contributed by atoms with van der Waals surface area (Å²) in [5, 5.41) is 3.89. The molecule has 122 valence electrons. The molecule has 0 aliphatic rings. The summed E-state index contributed by atoms with van der Waals surface area (Å²) in [7, 11) is 0. The van der Waals surface area contributed by atoms with Crippen LogP contribution in [0.5, 0.6) is 0 Å². The van der Waals surface area contributed by atoms with Crippen molar-refractivity contribution in [1.82, 2.24) is 4.57 Å². The maximum Gasteiger partial charge on any atom is 0.252 e. The van der Waals surface area contributed by atoms with Crippen molar-refractivity contribution in [3.8, 4) is 0 Å². The van der Waals surface area contributed by atoms with Crippen LogP contribution < -0.4 is 10.9 Å². The Kier molecular flexibility index (Phi) is 4.47. The number of nitrogens with zero attached hydrogens (tertiary/aromatic N) is 1. The highest BCUT2D eigenvalue weighted by Gasteiger charge is 2.22. The van der Waals surface area contributed by atoms with E-state index in [1.807, 2.05) is 68.4 Å². The smallest absolute Gasteiger partial charge is 0.252 e. The first-order valence-corrected chi connectivity index (χ1v) is 8.08. The van der Waals surface area contributed by atoms with Gasteiger partial charge in [-0.1, -0.05) is 43.3 Å². The van der Waals surface area contributed by atoms with Gasteiger partial charge in [-0.2, -0.15) is 0 Å². The SMILES string of the molecule is CCC(C(=O)Nc1ccccc1)n1c(=O)cc(C)c2ccccc21. The Morgan fingerprint density at radius 1 is 1.08 bits per heavy atom. The number of fused-ring (bicyclic) bond motifs is 1. The summed E-state index contributed by atoms with van der Waals surface area (Å²) < 4.78 is 1.60. The zero-order chi connectivity index (χ0) is 17.1. The Bertz CT molecular complexity index is 929. The number of carbonyl (C=O) groups is 1. The summed E-state index contributed by atoms with van der Waals surface area (Å²) in [5.74, 6) is -0.181. The second kappa shape index (κ2) is 6.71. The molecule has 0 radical (unpaired) electrons. The number of para-hydroxylation sites is 2. The Labute approximate surface area is 140 Å². The van der Waals surface area contributed by atoms with Crippen molar-refractivity contribution in [3.05, 3.63) is 76.6 Å². The van der Waals surface area contributed by atoms with E-state index in [9.17, 15) is 9.59 Å². The van der Waals surface area contributed by atoms with Gasteiger partial charge in [0.1, 0.15) is 6.04 Å². The molecular weight excluding hydrogens is 300 g/mol. The average Bonchev–Trinajstić information content (AvgIpc) is 2.59. The number of amides is 1. The number of nitrogens with one attached hydrogen (secondary N) is 1. The molecule has 1 amide bonds.